The van der Waals surface area contributed by atoms with Gasteiger partial charge in [0.05, 0.1) is 12.6 Å². The fourth-order valence-electron chi connectivity index (χ4n) is 2.82. The molecule has 0 aliphatic heterocycles. The third-order valence-electron chi connectivity index (χ3n) is 4.46. The van der Waals surface area contributed by atoms with Gasteiger partial charge >= 0.3 is 5.97 Å². The van der Waals surface area contributed by atoms with Crippen molar-refractivity contribution in [2.45, 2.75) is 53.5 Å². The SMILES string of the molecule is CCCC(=O)N(C)[C@@H](C)C(=O)c1c(C)c(C(=O)OCC)n(C)c1C. The minimum absolute atomic E-state index is 0.0600. The van der Waals surface area contributed by atoms with Crippen LogP contribution in [0, 0.1) is 13.8 Å². The van der Waals surface area contributed by atoms with Gasteiger partial charge in [0.15, 0.2) is 5.78 Å². The number of carbonyl (C=O) groups excluding carboxylic acids is 3. The molecule has 1 rings (SSSR count). The number of hydrogen-bond donors (Lipinski definition) is 0. The molecule has 0 radical (unpaired) electrons. The summed E-state index contributed by atoms with van der Waals surface area (Å²) >= 11 is 0. The number of amides is 1. The first-order valence-electron chi connectivity index (χ1n) is 8.31. The minimum Gasteiger partial charge on any atom is -0.461 e. The van der Waals surface area contributed by atoms with Gasteiger partial charge in [-0.1, -0.05) is 6.92 Å². The number of aromatic nitrogens is 1. The van der Waals surface area contributed by atoms with Crippen LogP contribution in [0.4, 0.5) is 0 Å². The number of rotatable bonds is 7. The predicted octanol–water partition coefficient (Wildman–Crippen LogP) is 2.65. The van der Waals surface area contributed by atoms with E-state index in [1.165, 1.54) is 4.90 Å². The van der Waals surface area contributed by atoms with Crippen LogP contribution in [0.3, 0.4) is 0 Å². The molecule has 6 heteroatoms. The molecule has 0 aliphatic rings. The molecule has 6 nitrogen and oxygen atoms in total. The highest BCUT2D eigenvalue weighted by atomic mass is 16.5. The van der Waals surface area contributed by atoms with Crippen LogP contribution in [0.25, 0.3) is 0 Å². The van der Waals surface area contributed by atoms with Gasteiger partial charge in [0, 0.05) is 31.8 Å². The van der Waals surface area contributed by atoms with Crippen LogP contribution in [0.1, 0.15) is 65.7 Å². The fraction of sp³-hybridized carbons (Fsp3) is 0.611. The maximum atomic E-state index is 12.9. The van der Waals surface area contributed by atoms with E-state index in [0.717, 1.165) is 6.42 Å². The van der Waals surface area contributed by atoms with E-state index in [1.807, 2.05) is 6.92 Å². The Morgan fingerprint density at radius 2 is 1.79 bits per heavy atom. The van der Waals surface area contributed by atoms with Gasteiger partial charge in [-0.3, -0.25) is 9.59 Å². The lowest BCUT2D eigenvalue weighted by Crippen LogP contribution is -2.40. The first-order valence-corrected chi connectivity index (χ1v) is 8.31. The molecule has 1 aromatic heterocycles. The van der Waals surface area contributed by atoms with Crippen LogP contribution in [-0.4, -0.2) is 46.8 Å². The normalized spacial score (nSPS) is 12.0. The summed E-state index contributed by atoms with van der Waals surface area (Å²) in [6, 6.07) is -0.584. The second-order valence-electron chi connectivity index (χ2n) is 6.01. The van der Waals surface area contributed by atoms with E-state index in [4.69, 9.17) is 4.74 Å². The summed E-state index contributed by atoms with van der Waals surface area (Å²) < 4.78 is 6.76. The van der Waals surface area contributed by atoms with Crippen molar-refractivity contribution < 1.29 is 19.1 Å². The second kappa shape index (κ2) is 8.13. The Hall–Kier alpha value is -2.11. The van der Waals surface area contributed by atoms with E-state index in [2.05, 4.69) is 0 Å². The molecular formula is C18H28N2O4. The Morgan fingerprint density at radius 1 is 1.21 bits per heavy atom. The van der Waals surface area contributed by atoms with Gasteiger partial charge in [-0.2, -0.15) is 0 Å². The maximum absolute atomic E-state index is 12.9. The summed E-state index contributed by atoms with van der Waals surface area (Å²) in [5, 5.41) is 0. The van der Waals surface area contributed by atoms with Gasteiger partial charge in [-0.25, -0.2) is 4.79 Å². The Kier molecular flexibility index (Phi) is 6.75. The summed E-state index contributed by atoms with van der Waals surface area (Å²) in [5.41, 5.74) is 2.17. The highest BCUT2D eigenvalue weighted by Gasteiger charge is 2.30. The molecule has 0 saturated carbocycles. The van der Waals surface area contributed by atoms with E-state index in [-0.39, 0.29) is 18.3 Å². The first-order chi connectivity index (χ1) is 11.2. The van der Waals surface area contributed by atoms with Crippen LogP contribution in [0.15, 0.2) is 0 Å². The largest absolute Gasteiger partial charge is 0.461 e. The number of ether oxygens (including phenoxy) is 1. The number of carbonyl (C=O) groups is 3. The zero-order chi connectivity index (χ0) is 18.6. The average molecular weight is 336 g/mol. The third kappa shape index (κ3) is 3.68. The van der Waals surface area contributed by atoms with Gasteiger partial charge in [-0.05, 0) is 39.7 Å². The molecule has 1 heterocycles. The molecule has 1 amide bonds. The summed E-state index contributed by atoms with van der Waals surface area (Å²) in [7, 11) is 3.38. The molecule has 0 aromatic carbocycles. The fourth-order valence-corrected chi connectivity index (χ4v) is 2.82. The van der Waals surface area contributed by atoms with E-state index in [9.17, 15) is 14.4 Å². The van der Waals surface area contributed by atoms with Crippen molar-refractivity contribution in [3.05, 3.63) is 22.5 Å². The van der Waals surface area contributed by atoms with E-state index >= 15 is 0 Å². The summed E-state index contributed by atoms with van der Waals surface area (Å²) in [6.45, 7) is 9.19. The smallest absolute Gasteiger partial charge is 0.355 e. The zero-order valence-corrected chi connectivity index (χ0v) is 15.7. The number of esters is 1. The second-order valence-corrected chi connectivity index (χ2v) is 6.01. The highest BCUT2D eigenvalue weighted by Crippen LogP contribution is 2.24. The lowest BCUT2D eigenvalue weighted by molar-refractivity contribution is -0.131. The molecule has 0 saturated heterocycles. The van der Waals surface area contributed by atoms with Crippen LogP contribution < -0.4 is 0 Å². The molecule has 0 spiro atoms. The van der Waals surface area contributed by atoms with Crippen LogP contribution in [0.5, 0.6) is 0 Å². The molecular weight excluding hydrogens is 308 g/mol. The topological polar surface area (TPSA) is 68.6 Å². The van der Waals surface area contributed by atoms with Gasteiger partial charge in [0.1, 0.15) is 5.69 Å². The Bertz CT molecular complexity index is 646. The monoisotopic (exact) mass is 336 g/mol. The predicted molar refractivity (Wildman–Crippen MR) is 92.3 cm³/mol. The molecule has 0 aliphatic carbocycles. The van der Waals surface area contributed by atoms with Crippen LogP contribution in [-0.2, 0) is 16.6 Å². The number of ketones is 1. The van der Waals surface area contributed by atoms with Crippen molar-refractivity contribution in [2.75, 3.05) is 13.7 Å². The van der Waals surface area contributed by atoms with Gasteiger partial charge in [0.25, 0.3) is 0 Å². The zero-order valence-electron chi connectivity index (χ0n) is 15.7. The van der Waals surface area contributed by atoms with Gasteiger partial charge in [0.2, 0.25) is 5.91 Å². The number of likely N-dealkylation sites (N-methyl/N-ethyl adjacent to an activating group) is 1. The van der Waals surface area contributed by atoms with Crippen molar-refractivity contribution >= 4 is 17.7 Å². The molecule has 134 valence electrons. The summed E-state index contributed by atoms with van der Waals surface area (Å²) in [5.74, 6) is -0.666. The minimum atomic E-state index is -0.584. The Labute approximate surface area is 143 Å². The third-order valence-corrected chi connectivity index (χ3v) is 4.46. The Balaban J connectivity index is 3.22. The summed E-state index contributed by atoms with van der Waals surface area (Å²) in [6.07, 6.45) is 1.15. The van der Waals surface area contributed by atoms with Gasteiger partial charge < -0.3 is 14.2 Å². The van der Waals surface area contributed by atoms with E-state index in [1.54, 1.807) is 46.4 Å². The molecule has 0 unspecified atom stereocenters. The molecule has 0 N–H and O–H groups in total. The lowest BCUT2D eigenvalue weighted by Gasteiger charge is -2.24. The van der Waals surface area contributed by atoms with Crippen molar-refractivity contribution in [3.63, 3.8) is 0 Å². The van der Waals surface area contributed by atoms with E-state index in [0.29, 0.717) is 28.9 Å². The standard InChI is InChI=1S/C18H28N2O4/c1-8-10-14(21)19(6)13(5)17(22)15-11(3)16(18(23)24-9-2)20(7)12(15)4/h13H,8-10H2,1-7H3/t13-/m0/s1. The van der Waals surface area contributed by atoms with Gasteiger partial charge in [-0.15, -0.1) is 0 Å². The van der Waals surface area contributed by atoms with Crippen LogP contribution in [0.2, 0.25) is 0 Å². The highest BCUT2D eigenvalue weighted by molar-refractivity contribution is 6.06. The molecule has 1 atom stereocenters. The molecule has 1 aromatic rings. The quantitative estimate of drug-likeness (QED) is 0.567. The van der Waals surface area contributed by atoms with Crippen molar-refractivity contribution in [3.8, 4) is 0 Å². The first kappa shape index (κ1) is 19.9. The van der Waals surface area contributed by atoms with E-state index < -0.39 is 12.0 Å². The maximum Gasteiger partial charge on any atom is 0.355 e. The molecule has 0 bridgehead atoms. The van der Waals surface area contributed by atoms with Crippen molar-refractivity contribution in [1.82, 2.24) is 9.47 Å². The molecule has 24 heavy (non-hydrogen) atoms. The summed E-state index contributed by atoms with van der Waals surface area (Å²) in [4.78, 5) is 38.6. The molecule has 0 fully saturated rings. The number of Topliss-reactive ketones (excluding diaryl/α,β-unsaturated/α-hetero) is 1. The number of hydrogen-bond acceptors (Lipinski definition) is 4. The average Bonchev–Trinajstić information content (AvgIpc) is 2.75. The van der Waals surface area contributed by atoms with Crippen molar-refractivity contribution in [1.29, 1.82) is 0 Å². The van der Waals surface area contributed by atoms with Crippen LogP contribution >= 0.6 is 0 Å². The Morgan fingerprint density at radius 3 is 2.29 bits per heavy atom. The lowest BCUT2D eigenvalue weighted by atomic mass is 10.00. The van der Waals surface area contributed by atoms with Crippen molar-refractivity contribution in [2.24, 2.45) is 7.05 Å². The number of nitrogens with zero attached hydrogens (tertiary/aromatic N) is 2.